The highest BCUT2D eigenvalue weighted by atomic mass is 15.2. The molecule has 2 atom stereocenters. The number of fused-ring (bicyclic) bond motifs is 1. The van der Waals surface area contributed by atoms with E-state index in [9.17, 15) is 0 Å². The molecule has 1 nitrogen and oxygen atoms in total. The van der Waals surface area contributed by atoms with Crippen LogP contribution in [0.15, 0.2) is 12.7 Å². The quantitative estimate of drug-likeness (QED) is 0.568. The summed E-state index contributed by atoms with van der Waals surface area (Å²) in [7, 11) is 0. The van der Waals surface area contributed by atoms with Crippen molar-refractivity contribution in [3.05, 3.63) is 12.7 Å². The van der Waals surface area contributed by atoms with Crippen LogP contribution in [0.4, 0.5) is 0 Å². The third-order valence-electron chi connectivity index (χ3n) is 3.45. The largest absolute Gasteiger partial charge is 0.300 e. The molecule has 0 spiro atoms. The first kappa shape index (κ1) is 8.31. The van der Waals surface area contributed by atoms with Gasteiger partial charge in [-0.05, 0) is 51.1 Å². The molecule has 0 amide bonds. The average molecular weight is 165 g/mol. The van der Waals surface area contributed by atoms with Gasteiger partial charge in [-0.15, -0.1) is 6.58 Å². The van der Waals surface area contributed by atoms with Gasteiger partial charge >= 0.3 is 0 Å². The average Bonchev–Trinajstić information content (AvgIpc) is 2.53. The molecule has 2 aliphatic heterocycles. The fourth-order valence-electron chi connectivity index (χ4n) is 2.90. The van der Waals surface area contributed by atoms with Crippen LogP contribution in [0.5, 0.6) is 0 Å². The Labute approximate surface area is 75.4 Å². The maximum absolute atomic E-state index is 3.85. The maximum Gasteiger partial charge on any atom is 0.0127 e. The van der Waals surface area contributed by atoms with Gasteiger partial charge in [0.05, 0.1) is 0 Å². The van der Waals surface area contributed by atoms with Gasteiger partial charge in [-0.25, -0.2) is 0 Å². The molecule has 0 bridgehead atoms. The first-order valence-corrected chi connectivity index (χ1v) is 5.27. The Bertz CT molecular complexity index is 164. The van der Waals surface area contributed by atoms with Gasteiger partial charge in [-0.1, -0.05) is 6.08 Å². The zero-order valence-corrected chi connectivity index (χ0v) is 7.84. The van der Waals surface area contributed by atoms with Crippen molar-refractivity contribution in [3.63, 3.8) is 0 Å². The highest BCUT2D eigenvalue weighted by molar-refractivity contribution is 4.91. The molecule has 2 rings (SSSR count). The molecule has 12 heavy (non-hydrogen) atoms. The van der Waals surface area contributed by atoms with Crippen LogP contribution in [0.1, 0.15) is 32.1 Å². The van der Waals surface area contributed by atoms with Gasteiger partial charge in [0.1, 0.15) is 0 Å². The minimum atomic E-state index is 0.914. The molecular formula is C11H19N. The number of hydrogen-bond acceptors (Lipinski definition) is 1. The van der Waals surface area contributed by atoms with Crippen LogP contribution >= 0.6 is 0 Å². The molecule has 0 aromatic rings. The van der Waals surface area contributed by atoms with E-state index in [0.29, 0.717) is 0 Å². The Morgan fingerprint density at radius 1 is 1.25 bits per heavy atom. The molecule has 68 valence electrons. The van der Waals surface area contributed by atoms with E-state index in [1.54, 1.807) is 0 Å². The number of nitrogens with zero attached hydrogens (tertiary/aromatic N) is 1. The predicted molar refractivity (Wildman–Crippen MR) is 52.1 cm³/mol. The van der Waals surface area contributed by atoms with Crippen LogP contribution in [0.3, 0.4) is 0 Å². The van der Waals surface area contributed by atoms with Gasteiger partial charge in [-0.2, -0.15) is 0 Å². The summed E-state index contributed by atoms with van der Waals surface area (Å²) < 4.78 is 0. The topological polar surface area (TPSA) is 3.24 Å². The molecule has 0 unspecified atom stereocenters. The van der Waals surface area contributed by atoms with Gasteiger partial charge in [0.25, 0.3) is 0 Å². The fourth-order valence-corrected chi connectivity index (χ4v) is 2.90. The van der Waals surface area contributed by atoms with Crippen molar-refractivity contribution in [1.82, 2.24) is 4.90 Å². The van der Waals surface area contributed by atoms with Crippen LogP contribution in [0.25, 0.3) is 0 Å². The lowest BCUT2D eigenvalue weighted by Gasteiger charge is -2.36. The summed E-state index contributed by atoms with van der Waals surface area (Å²) in [6.45, 7) is 6.57. The molecule has 0 aliphatic carbocycles. The molecule has 0 aromatic carbocycles. The number of hydrogen-bond donors (Lipinski definition) is 0. The molecule has 0 aromatic heterocycles. The van der Waals surface area contributed by atoms with Crippen molar-refractivity contribution in [3.8, 4) is 0 Å². The van der Waals surface area contributed by atoms with Crippen LogP contribution in [-0.4, -0.2) is 24.0 Å². The van der Waals surface area contributed by atoms with Crippen molar-refractivity contribution in [1.29, 1.82) is 0 Å². The second-order valence-electron chi connectivity index (χ2n) is 4.17. The Morgan fingerprint density at radius 2 is 2.00 bits per heavy atom. The highest BCUT2D eigenvalue weighted by Gasteiger charge is 2.33. The number of allylic oxidation sites excluding steroid dienone is 1. The standard InChI is InChI=1S/C11H19N/c1-2-5-10-6-3-8-12-9-4-7-11(10)12/h2,10-11H,1,3-9H2/t10-,11-/m1/s1. The van der Waals surface area contributed by atoms with Crippen LogP contribution in [-0.2, 0) is 0 Å². The predicted octanol–water partition coefficient (Wildman–Crippen LogP) is 2.44. The van der Waals surface area contributed by atoms with Gasteiger partial charge < -0.3 is 4.90 Å². The Kier molecular flexibility index (Phi) is 2.50. The lowest BCUT2D eigenvalue weighted by Crippen LogP contribution is -2.40. The molecule has 0 radical (unpaired) electrons. The second-order valence-corrected chi connectivity index (χ2v) is 4.17. The lowest BCUT2D eigenvalue weighted by molar-refractivity contribution is 0.135. The fraction of sp³-hybridized carbons (Fsp3) is 0.818. The van der Waals surface area contributed by atoms with Gasteiger partial charge in [0.2, 0.25) is 0 Å². The Hall–Kier alpha value is -0.300. The number of piperidine rings is 1. The van der Waals surface area contributed by atoms with E-state index in [1.807, 2.05) is 0 Å². The third-order valence-corrected chi connectivity index (χ3v) is 3.45. The van der Waals surface area contributed by atoms with E-state index in [1.165, 1.54) is 45.2 Å². The zero-order chi connectivity index (χ0) is 8.39. The third kappa shape index (κ3) is 1.42. The molecule has 2 saturated heterocycles. The monoisotopic (exact) mass is 165 g/mol. The van der Waals surface area contributed by atoms with Crippen molar-refractivity contribution in [2.45, 2.75) is 38.1 Å². The van der Waals surface area contributed by atoms with Crippen LogP contribution in [0, 0.1) is 5.92 Å². The first-order valence-electron chi connectivity index (χ1n) is 5.27. The molecule has 2 heterocycles. The van der Waals surface area contributed by atoms with Gasteiger partial charge in [-0.3, -0.25) is 0 Å². The minimum absolute atomic E-state index is 0.914. The normalized spacial score (nSPS) is 36.3. The van der Waals surface area contributed by atoms with Crippen LogP contribution < -0.4 is 0 Å². The van der Waals surface area contributed by atoms with E-state index in [4.69, 9.17) is 0 Å². The van der Waals surface area contributed by atoms with E-state index in [2.05, 4.69) is 17.6 Å². The smallest absolute Gasteiger partial charge is 0.0127 e. The van der Waals surface area contributed by atoms with Crippen molar-refractivity contribution in [2.75, 3.05) is 13.1 Å². The minimum Gasteiger partial charge on any atom is -0.300 e. The van der Waals surface area contributed by atoms with E-state index in [0.717, 1.165) is 12.0 Å². The summed E-state index contributed by atoms with van der Waals surface area (Å²) in [6, 6.07) is 0.914. The highest BCUT2D eigenvalue weighted by Crippen LogP contribution is 2.33. The van der Waals surface area contributed by atoms with E-state index in [-0.39, 0.29) is 0 Å². The molecule has 2 aliphatic rings. The summed E-state index contributed by atoms with van der Waals surface area (Å²) in [5.41, 5.74) is 0. The van der Waals surface area contributed by atoms with Crippen molar-refractivity contribution in [2.24, 2.45) is 5.92 Å². The summed E-state index contributed by atoms with van der Waals surface area (Å²) in [6.07, 6.45) is 9.06. The van der Waals surface area contributed by atoms with Crippen molar-refractivity contribution >= 4 is 0 Å². The summed E-state index contributed by atoms with van der Waals surface area (Å²) >= 11 is 0. The summed E-state index contributed by atoms with van der Waals surface area (Å²) in [4.78, 5) is 2.69. The Morgan fingerprint density at radius 3 is 2.75 bits per heavy atom. The van der Waals surface area contributed by atoms with Crippen LogP contribution in [0.2, 0.25) is 0 Å². The molecule has 2 fully saturated rings. The Balaban J connectivity index is 1.98. The van der Waals surface area contributed by atoms with E-state index >= 15 is 0 Å². The molecule has 1 heteroatoms. The molecular weight excluding hydrogens is 146 g/mol. The summed E-state index contributed by atoms with van der Waals surface area (Å²) in [5, 5.41) is 0. The van der Waals surface area contributed by atoms with Crippen molar-refractivity contribution < 1.29 is 0 Å². The second kappa shape index (κ2) is 3.61. The number of rotatable bonds is 2. The first-order chi connectivity index (χ1) is 5.92. The lowest BCUT2D eigenvalue weighted by atomic mass is 9.87. The summed E-state index contributed by atoms with van der Waals surface area (Å²) in [5.74, 6) is 0.929. The SMILES string of the molecule is C=CC[C@@H]1CCCN2CCC[C@H]12. The van der Waals surface area contributed by atoms with Gasteiger partial charge in [0, 0.05) is 6.04 Å². The molecule has 0 saturated carbocycles. The zero-order valence-electron chi connectivity index (χ0n) is 7.84. The van der Waals surface area contributed by atoms with E-state index < -0.39 is 0 Å². The maximum atomic E-state index is 3.85. The van der Waals surface area contributed by atoms with Gasteiger partial charge in [0.15, 0.2) is 0 Å². The molecule has 0 N–H and O–H groups in total.